The normalized spacial score (nSPS) is 18.6. The van der Waals surface area contributed by atoms with Crippen LogP contribution >= 0.6 is 11.8 Å². The molecule has 1 fully saturated rings. The SMILES string of the molecule is Cc1nc(SCCC(C)(NC2CC2)C(N)=O)n[nH]1. The van der Waals surface area contributed by atoms with Crippen molar-refractivity contribution in [3.8, 4) is 0 Å². The molecule has 2 rings (SSSR count). The maximum absolute atomic E-state index is 11.5. The van der Waals surface area contributed by atoms with Gasteiger partial charge in [-0.15, -0.1) is 5.10 Å². The van der Waals surface area contributed by atoms with Crippen molar-refractivity contribution in [1.82, 2.24) is 20.5 Å². The van der Waals surface area contributed by atoms with Crippen LogP contribution in [0, 0.1) is 6.92 Å². The summed E-state index contributed by atoms with van der Waals surface area (Å²) in [4.78, 5) is 15.8. The second-order valence-corrected chi connectivity index (χ2v) is 5.98. The Morgan fingerprint density at radius 2 is 2.39 bits per heavy atom. The summed E-state index contributed by atoms with van der Waals surface area (Å²) >= 11 is 1.53. The van der Waals surface area contributed by atoms with E-state index in [2.05, 4.69) is 20.5 Å². The van der Waals surface area contributed by atoms with Gasteiger partial charge in [0, 0.05) is 11.8 Å². The van der Waals surface area contributed by atoms with Gasteiger partial charge in [0.2, 0.25) is 11.1 Å². The molecule has 1 aromatic rings. The van der Waals surface area contributed by atoms with E-state index in [4.69, 9.17) is 5.73 Å². The molecule has 100 valence electrons. The van der Waals surface area contributed by atoms with E-state index in [-0.39, 0.29) is 5.91 Å². The third kappa shape index (κ3) is 3.46. The highest BCUT2D eigenvalue weighted by atomic mass is 32.2. The Bertz CT molecular complexity index is 431. The van der Waals surface area contributed by atoms with Crippen LogP contribution in [-0.4, -0.2) is 38.4 Å². The van der Waals surface area contributed by atoms with E-state index in [1.165, 1.54) is 11.8 Å². The summed E-state index contributed by atoms with van der Waals surface area (Å²) in [7, 11) is 0. The Morgan fingerprint density at radius 3 is 2.89 bits per heavy atom. The molecule has 1 atom stereocenters. The number of hydrogen-bond donors (Lipinski definition) is 3. The highest BCUT2D eigenvalue weighted by molar-refractivity contribution is 7.99. The van der Waals surface area contributed by atoms with Crippen molar-refractivity contribution in [2.45, 2.75) is 49.8 Å². The molecule has 0 saturated heterocycles. The minimum Gasteiger partial charge on any atom is -0.368 e. The van der Waals surface area contributed by atoms with Gasteiger partial charge in [0.25, 0.3) is 0 Å². The summed E-state index contributed by atoms with van der Waals surface area (Å²) in [5.74, 6) is 1.27. The van der Waals surface area contributed by atoms with E-state index >= 15 is 0 Å². The number of nitrogens with one attached hydrogen (secondary N) is 2. The number of carbonyl (C=O) groups is 1. The molecule has 1 unspecified atom stereocenters. The number of aromatic nitrogens is 3. The number of aryl methyl sites for hydroxylation is 1. The first kappa shape index (κ1) is 13.4. The van der Waals surface area contributed by atoms with E-state index in [9.17, 15) is 4.79 Å². The van der Waals surface area contributed by atoms with E-state index < -0.39 is 5.54 Å². The number of primary amides is 1. The summed E-state index contributed by atoms with van der Waals surface area (Å²) in [6.45, 7) is 3.73. The van der Waals surface area contributed by atoms with E-state index in [0.717, 1.165) is 24.4 Å². The molecular formula is C11H19N5OS. The van der Waals surface area contributed by atoms with Crippen molar-refractivity contribution in [3.63, 3.8) is 0 Å². The second-order valence-electron chi connectivity index (χ2n) is 4.92. The number of nitrogens with two attached hydrogens (primary N) is 1. The number of amides is 1. The quantitative estimate of drug-likeness (QED) is 0.630. The fourth-order valence-electron chi connectivity index (χ4n) is 1.68. The lowest BCUT2D eigenvalue weighted by molar-refractivity contribution is -0.124. The number of hydrogen-bond acceptors (Lipinski definition) is 5. The van der Waals surface area contributed by atoms with E-state index in [1.807, 2.05) is 13.8 Å². The molecule has 1 amide bonds. The lowest BCUT2D eigenvalue weighted by Crippen LogP contribution is -2.54. The van der Waals surface area contributed by atoms with Gasteiger partial charge in [-0.1, -0.05) is 11.8 Å². The minimum atomic E-state index is -0.625. The summed E-state index contributed by atoms with van der Waals surface area (Å²) in [5.41, 5.74) is 4.86. The van der Waals surface area contributed by atoms with Crippen LogP contribution in [0.15, 0.2) is 5.16 Å². The van der Waals surface area contributed by atoms with Crippen molar-refractivity contribution in [1.29, 1.82) is 0 Å². The Labute approximate surface area is 111 Å². The maximum atomic E-state index is 11.5. The predicted octanol–water partition coefficient (Wildman–Crippen LogP) is 0.591. The summed E-state index contributed by atoms with van der Waals surface area (Å²) in [6, 6.07) is 0.457. The standard InChI is InChI=1S/C11H19N5OS/c1-7-13-10(16-15-7)18-6-5-11(2,9(12)17)14-8-3-4-8/h8,14H,3-6H2,1-2H3,(H2,12,17)(H,13,15,16). The first-order valence-electron chi connectivity index (χ1n) is 6.09. The molecule has 1 aliphatic rings. The first-order chi connectivity index (χ1) is 8.49. The average Bonchev–Trinajstić information content (AvgIpc) is 3.00. The predicted molar refractivity (Wildman–Crippen MR) is 70.2 cm³/mol. The first-order valence-corrected chi connectivity index (χ1v) is 7.07. The van der Waals surface area contributed by atoms with Crippen LogP contribution in [0.1, 0.15) is 32.0 Å². The van der Waals surface area contributed by atoms with Crippen molar-refractivity contribution in [3.05, 3.63) is 5.82 Å². The van der Waals surface area contributed by atoms with Gasteiger partial charge in [-0.25, -0.2) is 4.98 Å². The molecular weight excluding hydrogens is 250 g/mol. The smallest absolute Gasteiger partial charge is 0.237 e. The lowest BCUT2D eigenvalue weighted by atomic mass is 9.98. The molecule has 1 aliphatic carbocycles. The molecule has 1 aromatic heterocycles. The van der Waals surface area contributed by atoms with Crippen LogP contribution in [0.4, 0.5) is 0 Å². The van der Waals surface area contributed by atoms with Gasteiger partial charge in [0.05, 0.1) is 5.54 Å². The molecule has 0 bridgehead atoms. The highest BCUT2D eigenvalue weighted by Gasteiger charge is 2.36. The Morgan fingerprint density at radius 1 is 1.67 bits per heavy atom. The van der Waals surface area contributed by atoms with Gasteiger partial charge in [-0.05, 0) is 33.1 Å². The van der Waals surface area contributed by atoms with Crippen molar-refractivity contribution in [2.75, 3.05) is 5.75 Å². The largest absolute Gasteiger partial charge is 0.368 e. The zero-order valence-corrected chi connectivity index (χ0v) is 11.5. The van der Waals surface area contributed by atoms with Gasteiger partial charge in [-0.2, -0.15) is 0 Å². The number of carbonyl (C=O) groups excluding carboxylic acids is 1. The molecule has 4 N–H and O–H groups in total. The summed E-state index contributed by atoms with van der Waals surface area (Å²) in [5, 5.41) is 10.9. The topological polar surface area (TPSA) is 96.7 Å². The van der Waals surface area contributed by atoms with Crippen LogP contribution in [-0.2, 0) is 4.79 Å². The minimum absolute atomic E-state index is 0.291. The maximum Gasteiger partial charge on any atom is 0.237 e. The molecule has 18 heavy (non-hydrogen) atoms. The van der Waals surface area contributed by atoms with Crippen LogP contribution in [0.3, 0.4) is 0 Å². The zero-order chi connectivity index (χ0) is 13.2. The van der Waals surface area contributed by atoms with E-state index in [0.29, 0.717) is 17.6 Å². The van der Waals surface area contributed by atoms with Crippen molar-refractivity contribution >= 4 is 17.7 Å². The Hall–Kier alpha value is -1.08. The van der Waals surface area contributed by atoms with Crippen molar-refractivity contribution < 1.29 is 4.79 Å². The van der Waals surface area contributed by atoms with Crippen LogP contribution in [0.5, 0.6) is 0 Å². The average molecular weight is 269 g/mol. The fraction of sp³-hybridized carbons (Fsp3) is 0.727. The molecule has 1 saturated carbocycles. The zero-order valence-electron chi connectivity index (χ0n) is 10.7. The molecule has 0 spiro atoms. The van der Waals surface area contributed by atoms with Gasteiger partial charge in [0.15, 0.2) is 0 Å². The highest BCUT2D eigenvalue weighted by Crippen LogP contribution is 2.25. The third-order valence-electron chi connectivity index (χ3n) is 3.05. The van der Waals surface area contributed by atoms with Gasteiger partial charge in [0.1, 0.15) is 5.82 Å². The van der Waals surface area contributed by atoms with Crippen LogP contribution in [0.2, 0.25) is 0 Å². The van der Waals surface area contributed by atoms with Gasteiger partial charge >= 0.3 is 0 Å². The Kier molecular flexibility index (Phi) is 3.91. The van der Waals surface area contributed by atoms with Gasteiger partial charge in [-0.3, -0.25) is 9.89 Å². The second kappa shape index (κ2) is 5.27. The number of thioether (sulfide) groups is 1. The third-order valence-corrected chi connectivity index (χ3v) is 3.90. The molecule has 6 nitrogen and oxygen atoms in total. The molecule has 0 radical (unpaired) electrons. The van der Waals surface area contributed by atoms with Gasteiger partial charge < -0.3 is 11.1 Å². The molecule has 1 heterocycles. The van der Waals surface area contributed by atoms with Crippen LogP contribution < -0.4 is 11.1 Å². The van der Waals surface area contributed by atoms with Crippen molar-refractivity contribution in [2.24, 2.45) is 5.73 Å². The lowest BCUT2D eigenvalue weighted by Gasteiger charge is -2.27. The number of nitrogens with zero attached hydrogens (tertiary/aromatic N) is 2. The monoisotopic (exact) mass is 269 g/mol. The number of H-pyrrole nitrogens is 1. The molecule has 0 aromatic carbocycles. The summed E-state index contributed by atoms with van der Waals surface area (Å²) in [6.07, 6.45) is 2.95. The molecule has 0 aliphatic heterocycles. The Balaban J connectivity index is 1.83. The number of aromatic amines is 1. The molecule has 7 heteroatoms. The number of rotatable bonds is 7. The summed E-state index contributed by atoms with van der Waals surface area (Å²) < 4.78 is 0. The van der Waals surface area contributed by atoms with E-state index in [1.54, 1.807) is 0 Å². The van der Waals surface area contributed by atoms with Crippen LogP contribution in [0.25, 0.3) is 0 Å². The fourth-order valence-corrected chi connectivity index (χ4v) is 2.68.